The fourth-order valence-electron chi connectivity index (χ4n) is 1.94. The number of amides is 1. The summed E-state index contributed by atoms with van der Waals surface area (Å²) in [5.74, 6) is 0.0229. The highest BCUT2D eigenvalue weighted by atomic mass is 35.5. The van der Waals surface area contributed by atoms with Gasteiger partial charge in [-0.05, 0) is 30.4 Å². The second-order valence-electron chi connectivity index (χ2n) is 6.20. The van der Waals surface area contributed by atoms with Gasteiger partial charge in [-0.3, -0.25) is 4.79 Å². The Morgan fingerprint density at radius 2 is 1.74 bits per heavy atom. The summed E-state index contributed by atoms with van der Waals surface area (Å²) in [6.07, 6.45) is 0. The van der Waals surface area contributed by atoms with Crippen LogP contribution in [0.2, 0.25) is 0 Å². The summed E-state index contributed by atoms with van der Waals surface area (Å²) in [6.45, 7) is 11.2. The predicted octanol–water partition coefficient (Wildman–Crippen LogP) is 3.96. The number of halogens is 1. The van der Waals surface area contributed by atoms with Crippen LogP contribution >= 0.6 is 11.6 Å². The lowest BCUT2D eigenvalue weighted by Gasteiger charge is -2.26. The van der Waals surface area contributed by atoms with Crippen molar-refractivity contribution in [3.8, 4) is 0 Å². The Kier molecular flexibility index (Phi) is 5.42. The van der Waals surface area contributed by atoms with E-state index < -0.39 is 0 Å². The van der Waals surface area contributed by atoms with Crippen LogP contribution < -0.4 is 0 Å². The first-order chi connectivity index (χ1) is 8.75. The molecule has 0 radical (unpaired) electrons. The summed E-state index contributed by atoms with van der Waals surface area (Å²) >= 11 is 5.65. The number of carbonyl (C=O) groups excluding carboxylic acids is 1. The summed E-state index contributed by atoms with van der Waals surface area (Å²) in [5.41, 5.74) is 2.60. The lowest BCUT2D eigenvalue weighted by Crippen LogP contribution is -2.37. The number of hydrogen-bond donors (Lipinski definition) is 0. The van der Waals surface area contributed by atoms with Gasteiger partial charge in [-0.15, -0.1) is 11.6 Å². The molecule has 0 spiro atoms. The third kappa shape index (κ3) is 4.54. The molecule has 1 amide bonds. The molecule has 1 aromatic rings. The van der Waals surface area contributed by atoms with E-state index in [1.165, 1.54) is 5.56 Å². The van der Waals surface area contributed by atoms with Gasteiger partial charge in [0.1, 0.15) is 5.88 Å². The normalized spacial score (nSPS) is 11.7. The fraction of sp³-hybridized carbons (Fsp3) is 0.562. The van der Waals surface area contributed by atoms with Gasteiger partial charge in [0.05, 0.1) is 0 Å². The van der Waals surface area contributed by atoms with Crippen LogP contribution in [0.15, 0.2) is 24.3 Å². The molecule has 0 aliphatic heterocycles. The number of rotatable bonds is 4. The van der Waals surface area contributed by atoms with Gasteiger partial charge < -0.3 is 4.90 Å². The van der Waals surface area contributed by atoms with Crippen molar-refractivity contribution >= 4 is 17.5 Å². The van der Waals surface area contributed by atoms with Crippen molar-refractivity contribution in [3.05, 3.63) is 35.4 Å². The molecule has 0 atom stereocenters. The van der Waals surface area contributed by atoms with Gasteiger partial charge in [-0.2, -0.15) is 0 Å². The average Bonchev–Trinajstić information content (AvgIpc) is 2.34. The summed E-state index contributed by atoms with van der Waals surface area (Å²) < 4.78 is 0. The highest BCUT2D eigenvalue weighted by Crippen LogP contribution is 2.22. The third-order valence-electron chi connectivity index (χ3n) is 3.23. The van der Waals surface area contributed by atoms with Crippen LogP contribution in [0.3, 0.4) is 0 Å². The minimum absolute atomic E-state index is 0.0171. The lowest BCUT2D eigenvalue weighted by atomic mass is 9.87. The second kappa shape index (κ2) is 6.42. The molecule has 0 aromatic heterocycles. The van der Waals surface area contributed by atoms with Gasteiger partial charge >= 0.3 is 0 Å². The zero-order valence-corrected chi connectivity index (χ0v) is 13.3. The Hall–Kier alpha value is -1.02. The number of hydrogen-bond acceptors (Lipinski definition) is 1. The van der Waals surface area contributed by atoms with Crippen molar-refractivity contribution in [2.45, 2.75) is 52.6 Å². The molecular weight excluding hydrogens is 258 g/mol. The van der Waals surface area contributed by atoms with Crippen LogP contribution in [0.5, 0.6) is 0 Å². The number of carbonyl (C=O) groups is 1. The summed E-state index contributed by atoms with van der Waals surface area (Å²) in [4.78, 5) is 13.6. The molecule has 3 heteroatoms. The van der Waals surface area contributed by atoms with Gasteiger partial charge in [-0.25, -0.2) is 0 Å². The SMILES string of the molecule is CC(C)N(Cc1ccc(C(C)(C)C)cc1)C(=O)CCl. The first-order valence-electron chi connectivity index (χ1n) is 6.70. The van der Waals surface area contributed by atoms with Crippen molar-refractivity contribution in [3.63, 3.8) is 0 Å². The van der Waals surface area contributed by atoms with Crippen LogP contribution in [0, 0.1) is 0 Å². The lowest BCUT2D eigenvalue weighted by molar-refractivity contribution is -0.130. The maximum absolute atomic E-state index is 11.8. The fourth-order valence-corrected chi connectivity index (χ4v) is 2.10. The van der Waals surface area contributed by atoms with Crippen molar-refractivity contribution in [1.29, 1.82) is 0 Å². The molecule has 0 saturated carbocycles. The molecule has 0 unspecified atom stereocenters. The molecule has 0 bridgehead atoms. The van der Waals surface area contributed by atoms with Gasteiger partial charge in [-0.1, -0.05) is 45.0 Å². The number of alkyl halides is 1. The Labute approximate surface area is 121 Å². The largest absolute Gasteiger partial charge is 0.335 e. The molecule has 0 heterocycles. The summed E-state index contributed by atoms with van der Waals surface area (Å²) in [5, 5.41) is 0. The minimum atomic E-state index is -0.0171. The van der Waals surface area contributed by atoms with Gasteiger partial charge in [0.15, 0.2) is 0 Å². The van der Waals surface area contributed by atoms with Crippen LogP contribution in [-0.4, -0.2) is 22.7 Å². The Morgan fingerprint density at radius 1 is 1.21 bits per heavy atom. The van der Waals surface area contributed by atoms with Crippen LogP contribution in [-0.2, 0) is 16.8 Å². The highest BCUT2D eigenvalue weighted by Gasteiger charge is 2.17. The van der Waals surface area contributed by atoms with E-state index >= 15 is 0 Å². The average molecular weight is 282 g/mol. The van der Waals surface area contributed by atoms with E-state index in [-0.39, 0.29) is 23.2 Å². The molecule has 19 heavy (non-hydrogen) atoms. The molecule has 106 valence electrons. The first-order valence-corrected chi connectivity index (χ1v) is 7.24. The summed E-state index contributed by atoms with van der Waals surface area (Å²) in [7, 11) is 0. The molecular formula is C16H24ClNO. The van der Waals surface area contributed by atoms with E-state index in [1.807, 2.05) is 13.8 Å². The third-order valence-corrected chi connectivity index (χ3v) is 3.46. The van der Waals surface area contributed by atoms with E-state index in [2.05, 4.69) is 45.0 Å². The smallest absolute Gasteiger partial charge is 0.238 e. The number of benzene rings is 1. The highest BCUT2D eigenvalue weighted by molar-refractivity contribution is 6.27. The first kappa shape index (κ1) is 16.0. The molecule has 0 aliphatic carbocycles. The molecule has 2 nitrogen and oxygen atoms in total. The Balaban J connectivity index is 2.84. The second-order valence-corrected chi connectivity index (χ2v) is 6.46. The molecule has 0 aliphatic rings. The zero-order chi connectivity index (χ0) is 14.6. The van der Waals surface area contributed by atoms with Gasteiger partial charge in [0, 0.05) is 12.6 Å². The van der Waals surface area contributed by atoms with Crippen molar-refractivity contribution in [2.75, 3.05) is 5.88 Å². The molecule has 0 fully saturated rings. The Bertz CT molecular complexity index is 417. The van der Waals surface area contributed by atoms with Gasteiger partial charge in [0.25, 0.3) is 0 Å². The zero-order valence-electron chi connectivity index (χ0n) is 12.5. The molecule has 1 aromatic carbocycles. The maximum Gasteiger partial charge on any atom is 0.238 e. The molecule has 0 saturated heterocycles. The topological polar surface area (TPSA) is 20.3 Å². The van der Waals surface area contributed by atoms with Crippen LogP contribution in [0.1, 0.15) is 45.7 Å². The van der Waals surface area contributed by atoms with Crippen molar-refractivity contribution in [1.82, 2.24) is 4.90 Å². The minimum Gasteiger partial charge on any atom is -0.335 e. The number of nitrogens with zero attached hydrogens (tertiary/aromatic N) is 1. The monoisotopic (exact) mass is 281 g/mol. The van der Waals surface area contributed by atoms with E-state index in [9.17, 15) is 4.79 Å². The van der Waals surface area contributed by atoms with E-state index in [4.69, 9.17) is 11.6 Å². The quantitative estimate of drug-likeness (QED) is 0.765. The maximum atomic E-state index is 11.8. The Morgan fingerprint density at radius 3 is 2.11 bits per heavy atom. The van der Waals surface area contributed by atoms with E-state index in [1.54, 1.807) is 4.90 Å². The van der Waals surface area contributed by atoms with Crippen molar-refractivity contribution < 1.29 is 4.79 Å². The van der Waals surface area contributed by atoms with Crippen molar-refractivity contribution in [2.24, 2.45) is 0 Å². The van der Waals surface area contributed by atoms with Crippen LogP contribution in [0.4, 0.5) is 0 Å². The van der Waals surface area contributed by atoms with E-state index in [0.29, 0.717) is 6.54 Å². The predicted molar refractivity (Wildman–Crippen MR) is 81.5 cm³/mol. The van der Waals surface area contributed by atoms with Gasteiger partial charge in [0.2, 0.25) is 5.91 Å². The molecule has 1 rings (SSSR count). The summed E-state index contributed by atoms with van der Waals surface area (Å²) in [6, 6.07) is 8.63. The van der Waals surface area contributed by atoms with E-state index in [0.717, 1.165) is 5.56 Å². The van der Waals surface area contributed by atoms with Crippen LogP contribution in [0.25, 0.3) is 0 Å². The molecule has 0 N–H and O–H groups in total. The standard InChI is InChI=1S/C16H24ClNO/c1-12(2)18(15(19)10-17)11-13-6-8-14(9-7-13)16(3,4)5/h6-9,12H,10-11H2,1-5H3.